The average Bonchev–Trinajstić information content (AvgIpc) is 2.27. The third-order valence-corrected chi connectivity index (χ3v) is 3.50. The third-order valence-electron chi connectivity index (χ3n) is 2.12. The second-order valence-electron chi connectivity index (χ2n) is 3.52. The number of aliphatic carboxylic acids is 1. The zero-order chi connectivity index (χ0) is 13.8. The van der Waals surface area contributed by atoms with E-state index >= 15 is 0 Å². The van der Waals surface area contributed by atoms with E-state index in [1.54, 1.807) is 12.2 Å². The molecule has 2 atom stereocenters. The van der Waals surface area contributed by atoms with Crippen LogP contribution in [0.4, 0.5) is 0 Å². The molecule has 7 heteroatoms. The number of hydrogen-bond donors (Lipinski definition) is 2. The van der Waals surface area contributed by atoms with Gasteiger partial charge < -0.3 is 14.9 Å². The van der Waals surface area contributed by atoms with Gasteiger partial charge in [0, 0.05) is 16.6 Å². The zero-order valence-electron chi connectivity index (χ0n) is 9.05. The van der Waals surface area contributed by atoms with Crippen molar-refractivity contribution in [3.05, 3.63) is 34.9 Å². The van der Waals surface area contributed by atoms with E-state index in [1.807, 2.05) is 0 Å². The summed E-state index contributed by atoms with van der Waals surface area (Å²) in [6, 6.07) is 0. The van der Waals surface area contributed by atoms with E-state index in [1.165, 1.54) is 6.08 Å². The molecule has 0 aliphatic heterocycles. The molecular weight excluding hydrogens is 372 g/mol. The number of rotatable bonds is 4. The van der Waals surface area contributed by atoms with Gasteiger partial charge in [-0.15, -0.1) is 0 Å². The molecule has 1 rings (SSSR count). The van der Waals surface area contributed by atoms with Crippen LogP contribution in [0, 0.1) is 5.92 Å². The molecule has 2 N–H and O–H groups in total. The summed E-state index contributed by atoms with van der Waals surface area (Å²) < 4.78 is 4.30. The van der Waals surface area contributed by atoms with Crippen LogP contribution in [-0.4, -0.2) is 33.3 Å². The monoisotopic (exact) mass is 380 g/mol. The van der Waals surface area contributed by atoms with E-state index in [-0.39, 0.29) is 6.61 Å². The minimum Gasteiger partial charge on any atom is -0.478 e. The molecule has 98 valence electrons. The number of halogens is 2. The molecule has 18 heavy (non-hydrogen) atoms. The van der Waals surface area contributed by atoms with Gasteiger partial charge in [0.1, 0.15) is 11.1 Å². The maximum Gasteiger partial charge on any atom is 0.331 e. The fraction of sp³-hybridized carbons (Fsp3) is 0.273. The number of carboxylic acid groups (broad SMARTS) is 1. The molecule has 0 aromatic heterocycles. The minimum atomic E-state index is -1.29. The van der Waals surface area contributed by atoms with E-state index in [0.29, 0.717) is 6.08 Å². The number of aliphatic hydroxyl groups is 1. The lowest BCUT2D eigenvalue weighted by Crippen LogP contribution is -2.33. The number of alkyl halides is 1. The topological polar surface area (TPSA) is 83.8 Å². The number of hydrogen-bond acceptors (Lipinski definition) is 4. The van der Waals surface area contributed by atoms with Crippen molar-refractivity contribution >= 4 is 43.8 Å². The fourth-order valence-electron chi connectivity index (χ4n) is 1.21. The van der Waals surface area contributed by atoms with Gasteiger partial charge in [0.15, 0.2) is 0 Å². The highest BCUT2D eigenvalue weighted by Crippen LogP contribution is 2.34. The Bertz CT molecular complexity index is 437. The van der Waals surface area contributed by atoms with Crippen LogP contribution in [0.25, 0.3) is 0 Å². The van der Waals surface area contributed by atoms with Gasteiger partial charge in [0.25, 0.3) is 0 Å². The first-order chi connectivity index (χ1) is 8.31. The van der Waals surface area contributed by atoms with Gasteiger partial charge in [-0.05, 0) is 28.1 Å². The van der Waals surface area contributed by atoms with Crippen molar-refractivity contribution in [3.63, 3.8) is 0 Å². The van der Waals surface area contributed by atoms with Gasteiger partial charge in [0.05, 0.1) is 5.92 Å². The van der Waals surface area contributed by atoms with Gasteiger partial charge in [-0.25, -0.2) is 9.59 Å². The Morgan fingerprint density at radius 2 is 2.17 bits per heavy atom. The van der Waals surface area contributed by atoms with Crippen LogP contribution in [0.1, 0.15) is 0 Å². The summed E-state index contributed by atoms with van der Waals surface area (Å²) in [5.41, 5.74) is 0. The smallest absolute Gasteiger partial charge is 0.331 e. The summed E-state index contributed by atoms with van der Waals surface area (Å²) in [5.74, 6) is -2.48. The molecule has 0 saturated heterocycles. The summed E-state index contributed by atoms with van der Waals surface area (Å²) in [4.78, 5) is 21.4. The summed E-state index contributed by atoms with van der Waals surface area (Å²) >= 11 is 6.35. The lowest BCUT2D eigenvalue weighted by atomic mass is 9.98. The van der Waals surface area contributed by atoms with Crippen LogP contribution in [0.15, 0.2) is 34.9 Å². The first-order valence-electron chi connectivity index (χ1n) is 4.87. The Hall–Kier alpha value is -0.920. The fourth-order valence-corrected chi connectivity index (χ4v) is 2.06. The maximum atomic E-state index is 11.2. The molecule has 0 fully saturated rings. The van der Waals surface area contributed by atoms with Gasteiger partial charge in [-0.2, -0.15) is 0 Å². The second kappa shape index (κ2) is 6.31. The quantitative estimate of drug-likeness (QED) is 0.440. The molecule has 0 saturated carbocycles. The number of ether oxygens (including phenoxy) is 1. The number of carboxylic acids is 1. The van der Waals surface area contributed by atoms with Gasteiger partial charge >= 0.3 is 11.9 Å². The molecule has 5 nitrogen and oxygen atoms in total. The van der Waals surface area contributed by atoms with Crippen LogP contribution in [0.3, 0.4) is 0 Å². The van der Waals surface area contributed by atoms with E-state index in [4.69, 9.17) is 9.84 Å². The van der Waals surface area contributed by atoms with Crippen LogP contribution in [0.5, 0.6) is 0 Å². The Labute approximate surface area is 120 Å². The number of allylic oxidation sites excluding steroid dienone is 2. The SMILES string of the molecule is O=C(O)/C=C/C(=O)OCC1C=C(Br)C=CC1(O)Br. The standard InChI is InChI=1S/C11H10Br2O5/c12-8-3-4-11(13,17)7(5-8)6-18-10(16)2-1-9(14)15/h1-5,7,17H,6H2,(H,14,15)/b2-1+. The molecule has 0 spiro atoms. The van der Waals surface area contributed by atoms with Crippen molar-refractivity contribution < 1.29 is 24.5 Å². The Morgan fingerprint density at radius 1 is 1.50 bits per heavy atom. The molecular formula is C11H10Br2O5. The van der Waals surface area contributed by atoms with Crippen LogP contribution in [0.2, 0.25) is 0 Å². The second-order valence-corrected chi connectivity index (χ2v) is 5.71. The zero-order valence-corrected chi connectivity index (χ0v) is 12.2. The van der Waals surface area contributed by atoms with Crippen LogP contribution >= 0.6 is 31.9 Å². The van der Waals surface area contributed by atoms with Gasteiger partial charge in [-0.1, -0.05) is 22.0 Å². The maximum absolute atomic E-state index is 11.2. The summed E-state index contributed by atoms with van der Waals surface area (Å²) in [6.45, 7) is -0.0794. The molecule has 0 heterocycles. The molecule has 1 aliphatic carbocycles. The molecule has 0 amide bonds. The van der Waals surface area contributed by atoms with Crippen molar-refractivity contribution in [2.45, 2.75) is 4.51 Å². The summed E-state index contributed by atoms with van der Waals surface area (Å²) in [5, 5.41) is 18.3. The van der Waals surface area contributed by atoms with Crippen molar-refractivity contribution in [2.75, 3.05) is 6.61 Å². The first-order valence-corrected chi connectivity index (χ1v) is 6.45. The predicted octanol–water partition coefficient (Wildman–Crippen LogP) is 1.72. The summed E-state index contributed by atoms with van der Waals surface area (Å²) in [7, 11) is 0. The predicted molar refractivity (Wildman–Crippen MR) is 71.3 cm³/mol. The summed E-state index contributed by atoms with van der Waals surface area (Å²) in [6.07, 6.45) is 6.37. The number of carbonyl (C=O) groups excluding carboxylic acids is 1. The van der Waals surface area contributed by atoms with Crippen molar-refractivity contribution in [1.29, 1.82) is 0 Å². The lowest BCUT2D eigenvalue weighted by molar-refractivity contribution is -0.140. The highest BCUT2D eigenvalue weighted by molar-refractivity contribution is 9.12. The highest BCUT2D eigenvalue weighted by Gasteiger charge is 2.33. The van der Waals surface area contributed by atoms with Crippen molar-refractivity contribution in [2.24, 2.45) is 5.92 Å². The Kier molecular flexibility index (Phi) is 5.30. The molecule has 0 radical (unpaired) electrons. The molecule has 0 bridgehead atoms. The van der Waals surface area contributed by atoms with Gasteiger partial charge in [-0.3, -0.25) is 0 Å². The number of esters is 1. The van der Waals surface area contributed by atoms with Crippen LogP contribution in [-0.2, 0) is 14.3 Å². The molecule has 2 unspecified atom stereocenters. The van der Waals surface area contributed by atoms with Crippen molar-refractivity contribution in [3.8, 4) is 0 Å². The average molecular weight is 382 g/mol. The van der Waals surface area contributed by atoms with Crippen LogP contribution < -0.4 is 0 Å². The third kappa shape index (κ3) is 4.75. The first kappa shape index (κ1) is 15.1. The lowest BCUT2D eigenvalue weighted by Gasteiger charge is -2.28. The number of carbonyl (C=O) groups is 2. The molecule has 1 aliphatic rings. The molecule has 0 aromatic rings. The van der Waals surface area contributed by atoms with E-state index in [2.05, 4.69) is 31.9 Å². The van der Waals surface area contributed by atoms with Crippen molar-refractivity contribution in [1.82, 2.24) is 0 Å². The largest absolute Gasteiger partial charge is 0.478 e. The minimum absolute atomic E-state index is 0.0794. The Balaban J connectivity index is 2.55. The van der Waals surface area contributed by atoms with E-state index in [0.717, 1.165) is 10.6 Å². The van der Waals surface area contributed by atoms with E-state index < -0.39 is 22.4 Å². The normalized spacial score (nSPS) is 27.1. The van der Waals surface area contributed by atoms with Gasteiger partial charge in [0.2, 0.25) is 0 Å². The Morgan fingerprint density at radius 3 is 2.78 bits per heavy atom. The molecule has 0 aromatic carbocycles. The highest BCUT2D eigenvalue weighted by atomic mass is 79.9. The van der Waals surface area contributed by atoms with E-state index in [9.17, 15) is 14.7 Å².